The van der Waals surface area contributed by atoms with Gasteiger partial charge in [-0.2, -0.15) is 0 Å². The first-order valence-electron chi connectivity index (χ1n) is 3.72. The first-order valence-corrected chi connectivity index (χ1v) is 4.87. The molecule has 0 fully saturated rings. The minimum atomic E-state index is -0.669. The van der Waals surface area contributed by atoms with Crippen LogP contribution in [0.5, 0.6) is 0 Å². The lowest BCUT2D eigenvalue weighted by Gasteiger charge is -2.17. The van der Waals surface area contributed by atoms with Crippen LogP contribution in [0.2, 0.25) is 0 Å². The Labute approximate surface area is 66.0 Å². The van der Waals surface area contributed by atoms with Crippen LogP contribution in [0.3, 0.4) is 0 Å². The standard InChI is InChI=1S/C7H18O2Si/c1-5-8-10-9-6-7(2,3)4/h5-6,10H2,1-4H3. The summed E-state index contributed by atoms with van der Waals surface area (Å²) in [5.74, 6) is 0. The first kappa shape index (κ1) is 10.1. The Morgan fingerprint density at radius 3 is 2.20 bits per heavy atom. The zero-order chi connectivity index (χ0) is 8.04. The fraction of sp³-hybridized carbons (Fsp3) is 1.00. The second kappa shape index (κ2) is 4.88. The van der Waals surface area contributed by atoms with E-state index in [0.717, 1.165) is 13.2 Å². The molecule has 10 heavy (non-hydrogen) atoms. The molecule has 0 aromatic rings. The second-order valence-corrected chi connectivity index (χ2v) is 4.57. The van der Waals surface area contributed by atoms with Gasteiger partial charge in [0, 0.05) is 13.2 Å². The van der Waals surface area contributed by atoms with Gasteiger partial charge in [0.25, 0.3) is 0 Å². The molecule has 0 aromatic heterocycles. The van der Waals surface area contributed by atoms with Crippen molar-refractivity contribution in [1.29, 1.82) is 0 Å². The summed E-state index contributed by atoms with van der Waals surface area (Å²) in [7, 11) is -0.669. The normalized spacial score (nSPS) is 13.2. The van der Waals surface area contributed by atoms with E-state index in [-0.39, 0.29) is 5.41 Å². The van der Waals surface area contributed by atoms with Crippen molar-refractivity contribution in [3.63, 3.8) is 0 Å². The minimum Gasteiger partial charge on any atom is -0.399 e. The van der Waals surface area contributed by atoms with Crippen LogP contribution in [0.15, 0.2) is 0 Å². The third kappa shape index (κ3) is 8.14. The molecular weight excluding hydrogens is 144 g/mol. The van der Waals surface area contributed by atoms with Crippen LogP contribution in [0.4, 0.5) is 0 Å². The number of hydrogen-bond donors (Lipinski definition) is 0. The monoisotopic (exact) mass is 162 g/mol. The van der Waals surface area contributed by atoms with Crippen molar-refractivity contribution >= 4 is 10.0 Å². The van der Waals surface area contributed by atoms with Gasteiger partial charge in [0.1, 0.15) is 0 Å². The lowest BCUT2D eigenvalue weighted by atomic mass is 9.99. The third-order valence-corrected chi connectivity index (χ3v) is 1.85. The van der Waals surface area contributed by atoms with E-state index in [1.54, 1.807) is 0 Å². The fourth-order valence-electron chi connectivity index (χ4n) is 0.490. The predicted molar refractivity (Wildman–Crippen MR) is 45.6 cm³/mol. The molecule has 0 rings (SSSR count). The summed E-state index contributed by atoms with van der Waals surface area (Å²) in [6.07, 6.45) is 0. The summed E-state index contributed by atoms with van der Waals surface area (Å²) in [6.45, 7) is 10.1. The Kier molecular flexibility index (Phi) is 4.94. The minimum absolute atomic E-state index is 0.282. The van der Waals surface area contributed by atoms with Gasteiger partial charge >= 0.3 is 10.0 Å². The van der Waals surface area contributed by atoms with Crippen LogP contribution in [0, 0.1) is 5.41 Å². The van der Waals surface area contributed by atoms with Gasteiger partial charge in [-0.05, 0) is 12.3 Å². The van der Waals surface area contributed by atoms with E-state index in [2.05, 4.69) is 20.8 Å². The average molecular weight is 162 g/mol. The number of rotatable bonds is 4. The average Bonchev–Trinajstić information content (AvgIpc) is 1.78. The second-order valence-electron chi connectivity index (χ2n) is 3.52. The summed E-state index contributed by atoms with van der Waals surface area (Å²) in [5.41, 5.74) is 0.282. The van der Waals surface area contributed by atoms with Gasteiger partial charge < -0.3 is 8.85 Å². The zero-order valence-electron chi connectivity index (χ0n) is 7.44. The van der Waals surface area contributed by atoms with E-state index in [4.69, 9.17) is 8.85 Å². The molecule has 0 N–H and O–H groups in total. The Hall–Kier alpha value is 0.137. The van der Waals surface area contributed by atoms with Crippen LogP contribution in [0.25, 0.3) is 0 Å². The molecule has 0 atom stereocenters. The van der Waals surface area contributed by atoms with E-state index >= 15 is 0 Å². The van der Waals surface area contributed by atoms with Crippen molar-refractivity contribution in [2.45, 2.75) is 27.7 Å². The molecule has 0 aromatic carbocycles. The molecule has 0 saturated carbocycles. The molecule has 3 heteroatoms. The Morgan fingerprint density at radius 1 is 1.20 bits per heavy atom. The lowest BCUT2D eigenvalue weighted by Crippen LogP contribution is -2.17. The van der Waals surface area contributed by atoms with Gasteiger partial charge in [-0.1, -0.05) is 20.8 Å². The van der Waals surface area contributed by atoms with Crippen molar-refractivity contribution in [1.82, 2.24) is 0 Å². The van der Waals surface area contributed by atoms with E-state index < -0.39 is 10.0 Å². The quantitative estimate of drug-likeness (QED) is 0.455. The Balaban J connectivity index is 3.04. The highest BCUT2D eigenvalue weighted by Gasteiger charge is 2.08. The van der Waals surface area contributed by atoms with Gasteiger partial charge in [0.2, 0.25) is 0 Å². The van der Waals surface area contributed by atoms with Crippen molar-refractivity contribution in [3.8, 4) is 0 Å². The summed E-state index contributed by atoms with van der Waals surface area (Å²) in [5, 5.41) is 0. The molecule has 0 spiro atoms. The highest BCUT2D eigenvalue weighted by Crippen LogP contribution is 2.11. The van der Waals surface area contributed by atoms with E-state index in [1.165, 1.54) is 0 Å². The van der Waals surface area contributed by atoms with Crippen molar-refractivity contribution < 1.29 is 8.85 Å². The van der Waals surface area contributed by atoms with Gasteiger partial charge in [-0.25, -0.2) is 0 Å². The predicted octanol–water partition coefficient (Wildman–Crippen LogP) is 1.08. The van der Waals surface area contributed by atoms with Gasteiger partial charge in [0.05, 0.1) is 0 Å². The molecule has 0 unspecified atom stereocenters. The van der Waals surface area contributed by atoms with E-state index in [9.17, 15) is 0 Å². The highest BCUT2D eigenvalue weighted by molar-refractivity contribution is 6.17. The highest BCUT2D eigenvalue weighted by atomic mass is 28.3. The third-order valence-electron chi connectivity index (χ3n) is 0.906. The van der Waals surface area contributed by atoms with Gasteiger partial charge in [-0.3, -0.25) is 0 Å². The van der Waals surface area contributed by atoms with Gasteiger partial charge in [0.15, 0.2) is 0 Å². The smallest absolute Gasteiger partial charge is 0.304 e. The maximum atomic E-state index is 5.36. The Morgan fingerprint density at radius 2 is 1.80 bits per heavy atom. The molecule has 0 amide bonds. The maximum absolute atomic E-state index is 5.36. The SMILES string of the molecule is CCO[SiH2]OCC(C)(C)C. The molecule has 0 heterocycles. The molecule has 0 radical (unpaired) electrons. The maximum Gasteiger partial charge on any atom is 0.304 e. The molecule has 0 aliphatic heterocycles. The van der Waals surface area contributed by atoms with E-state index in [1.807, 2.05) is 6.92 Å². The molecule has 0 aliphatic carbocycles. The summed E-state index contributed by atoms with van der Waals surface area (Å²) in [4.78, 5) is 0. The Bertz CT molecular complexity index is 78.2. The molecule has 0 bridgehead atoms. The summed E-state index contributed by atoms with van der Waals surface area (Å²) >= 11 is 0. The molecular formula is C7H18O2Si. The van der Waals surface area contributed by atoms with Crippen molar-refractivity contribution in [2.24, 2.45) is 5.41 Å². The van der Waals surface area contributed by atoms with Crippen LogP contribution in [-0.4, -0.2) is 23.2 Å². The number of hydrogen-bond acceptors (Lipinski definition) is 2. The van der Waals surface area contributed by atoms with E-state index in [0.29, 0.717) is 0 Å². The first-order chi connectivity index (χ1) is 4.56. The topological polar surface area (TPSA) is 18.5 Å². The van der Waals surface area contributed by atoms with Crippen LogP contribution < -0.4 is 0 Å². The van der Waals surface area contributed by atoms with Crippen LogP contribution in [0.1, 0.15) is 27.7 Å². The molecule has 0 aliphatic rings. The largest absolute Gasteiger partial charge is 0.399 e. The molecule has 0 saturated heterocycles. The van der Waals surface area contributed by atoms with Crippen LogP contribution >= 0.6 is 0 Å². The molecule has 62 valence electrons. The lowest BCUT2D eigenvalue weighted by molar-refractivity contribution is 0.162. The van der Waals surface area contributed by atoms with Crippen molar-refractivity contribution in [2.75, 3.05) is 13.2 Å². The van der Waals surface area contributed by atoms with Crippen molar-refractivity contribution in [3.05, 3.63) is 0 Å². The summed E-state index contributed by atoms with van der Waals surface area (Å²) in [6, 6.07) is 0. The van der Waals surface area contributed by atoms with Gasteiger partial charge in [-0.15, -0.1) is 0 Å². The fourth-order valence-corrected chi connectivity index (χ4v) is 1.47. The van der Waals surface area contributed by atoms with Crippen LogP contribution in [-0.2, 0) is 8.85 Å². The molecule has 2 nitrogen and oxygen atoms in total. The summed E-state index contributed by atoms with van der Waals surface area (Å²) < 4.78 is 10.5. The zero-order valence-corrected chi connectivity index (χ0v) is 8.85.